The van der Waals surface area contributed by atoms with E-state index in [1.807, 2.05) is 14.1 Å². The molecule has 114 valence electrons. The molecule has 0 radical (unpaired) electrons. The maximum atomic E-state index is 12.5. The van der Waals surface area contributed by atoms with Gasteiger partial charge in [0.2, 0.25) is 5.09 Å². The first-order chi connectivity index (χ1) is 9.32. The van der Waals surface area contributed by atoms with E-state index in [2.05, 4.69) is 4.90 Å². The van der Waals surface area contributed by atoms with Crippen molar-refractivity contribution in [1.29, 1.82) is 0 Å². The molecule has 1 aliphatic rings. The number of hydrogen-bond acceptors (Lipinski definition) is 5. The maximum Gasteiger partial charge on any atom is 0.276 e. The second kappa shape index (κ2) is 5.48. The number of furan rings is 1. The lowest BCUT2D eigenvalue weighted by Crippen LogP contribution is -2.57. The Kier molecular flexibility index (Phi) is 4.24. The highest BCUT2D eigenvalue weighted by atomic mass is 32.2. The number of rotatable bonds is 6. The summed E-state index contributed by atoms with van der Waals surface area (Å²) in [7, 11) is 2.01. The minimum atomic E-state index is -3.59. The van der Waals surface area contributed by atoms with E-state index in [0.717, 1.165) is 19.3 Å². The molecule has 1 saturated carbocycles. The fourth-order valence-corrected chi connectivity index (χ4v) is 3.76. The Morgan fingerprint density at radius 1 is 1.30 bits per heavy atom. The Balaban J connectivity index is 2.17. The molecule has 2 N–H and O–H groups in total. The number of hydrogen-bond donors (Lipinski definition) is 1. The summed E-state index contributed by atoms with van der Waals surface area (Å²) in [5.74, 6) is 0.475. The fraction of sp³-hybridized carbons (Fsp3) is 0.692. The van der Waals surface area contributed by atoms with Crippen LogP contribution in [-0.4, -0.2) is 50.8 Å². The van der Waals surface area contributed by atoms with Crippen molar-refractivity contribution < 1.29 is 12.8 Å². The van der Waals surface area contributed by atoms with Crippen LogP contribution in [0.5, 0.6) is 0 Å². The normalized spacial score (nSPS) is 18.5. The quantitative estimate of drug-likeness (QED) is 0.842. The molecule has 1 fully saturated rings. The van der Waals surface area contributed by atoms with Gasteiger partial charge in [0.1, 0.15) is 5.76 Å². The lowest BCUT2D eigenvalue weighted by atomic mass is 9.75. The van der Waals surface area contributed by atoms with E-state index in [1.54, 1.807) is 13.1 Å². The van der Waals surface area contributed by atoms with Crippen LogP contribution in [0.25, 0.3) is 0 Å². The number of nitrogens with two attached hydrogens (primary N) is 1. The lowest BCUT2D eigenvalue weighted by Gasteiger charge is -2.48. The molecule has 0 aromatic carbocycles. The molecule has 0 bridgehead atoms. The number of nitrogens with zero attached hydrogens (tertiary/aromatic N) is 2. The van der Waals surface area contributed by atoms with Crippen LogP contribution in [0.2, 0.25) is 0 Å². The largest absolute Gasteiger partial charge is 0.447 e. The molecule has 2 rings (SSSR count). The molecule has 0 unspecified atom stereocenters. The van der Waals surface area contributed by atoms with Gasteiger partial charge in [0, 0.05) is 19.1 Å². The van der Waals surface area contributed by atoms with E-state index < -0.39 is 10.0 Å². The van der Waals surface area contributed by atoms with Crippen LogP contribution in [0.15, 0.2) is 21.6 Å². The minimum absolute atomic E-state index is 0.0336. The number of sulfonamides is 1. The molecule has 0 atom stereocenters. The summed E-state index contributed by atoms with van der Waals surface area (Å²) in [5, 5.41) is -0.0336. The van der Waals surface area contributed by atoms with Gasteiger partial charge in [-0.25, -0.2) is 8.42 Å². The van der Waals surface area contributed by atoms with E-state index in [4.69, 9.17) is 10.2 Å². The maximum absolute atomic E-state index is 12.5. The van der Waals surface area contributed by atoms with Crippen LogP contribution in [-0.2, 0) is 16.6 Å². The second-order valence-corrected chi connectivity index (χ2v) is 7.63. The Bertz CT molecular complexity index is 561. The summed E-state index contributed by atoms with van der Waals surface area (Å²) in [4.78, 5) is 2.12. The molecule has 1 aromatic rings. The van der Waals surface area contributed by atoms with Gasteiger partial charge in [-0.05, 0) is 45.5 Å². The zero-order valence-corrected chi connectivity index (χ0v) is 13.1. The molecule has 1 aromatic heterocycles. The molecule has 1 heterocycles. The Morgan fingerprint density at radius 3 is 2.35 bits per heavy atom. The molecule has 0 spiro atoms. The van der Waals surface area contributed by atoms with Crippen molar-refractivity contribution in [2.24, 2.45) is 5.73 Å². The summed E-state index contributed by atoms with van der Waals surface area (Å²) >= 11 is 0. The van der Waals surface area contributed by atoms with E-state index in [-0.39, 0.29) is 17.2 Å². The van der Waals surface area contributed by atoms with Crippen molar-refractivity contribution in [1.82, 2.24) is 9.21 Å². The third-order valence-electron chi connectivity index (χ3n) is 4.25. The smallest absolute Gasteiger partial charge is 0.276 e. The van der Waals surface area contributed by atoms with Crippen LogP contribution in [0, 0.1) is 0 Å². The summed E-state index contributed by atoms with van der Waals surface area (Å²) in [6, 6.07) is 3.07. The predicted octanol–water partition coefficient (Wildman–Crippen LogP) is 0.843. The number of likely N-dealkylation sites (N-methyl/N-ethyl adjacent to an activating group) is 2. The summed E-state index contributed by atoms with van der Waals surface area (Å²) in [6.45, 7) is 0.669. The van der Waals surface area contributed by atoms with E-state index >= 15 is 0 Å². The first-order valence-electron chi connectivity index (χ1n) is 6.74. The topological polar surface area (TPSA) is 79.8 Å². The van der Waals surface area contributed by atoms with Crippen molar-refractivity contribution in [2.45, 2.75) is 36.4 Å². The van der Waals surface area contributed by atoms with Crippen molar-refractivity contribution in [3.05, 3.63) is 17.9 Å². The summed E-state index contributed by atoms with van der Waals surface area (Å²) in [5.41, 5.74) is 5.40. The highest BCUT2D eigenvalue weighted by molar-refractivity contribution is 7.89. The Hall–Kier alpha value is -0.890. The molecule has 0 aliphatic heterocycles. The van der Waals surface area contributed by atoms with Crippen molar-refractivity contribution in [2.75, 3.05) is 27.7 Å². The summed E-state index contributed by atoms with van der Waals surface area (Å²) < 4.78 is 31.6. The molecular formula is C13H23N3O3S. The molecule has 1 aliphatic carbocycles. The average molecular weight is 301 g/mol. The Labute approximate surface area is 120 Å². The lowest BCUT2D eigenvalue weighted by molar-refractivity contribution is 0.0452. The Morgan fingerprint density at radius 2 is 1.95 bits per heavy atom. The standard InChI is InChI=1S/C13H23N3O3S/c1-15(2)13(7-4-8-13)10-16(3)20(17,18)12-6-5-11(9-14)19-12/h5-6H,4,7-10,14H2,1-3H3. The van der Waals surface area contributed by atoms with E-state index in [9.17, 15) is 8.42 Å². The van der Waals surface area contributed by atoms with Crippen LogP contribution < -0.4 is 5.73 Å². The highest BCUT2D eigenvalue weighted by Crippen LogP contribution is 2.37. The van der Waals surface area contributed by atoms with Gasteiger partial charge < -0.3 is 15.1 Å². The molecular weight excluding hydrogens is 278 g/mol. The molecule has 7 heteroatoms. The molecule has 20 heavy (non-hydrogen) atoms. The first kappa shape index (κ1) is 15.5. The monoisotopic (exact) mass is 301 g/mol. The van der Waals surface area contributed by atoms with Crippen molar-refractivity contribution >= 4 is 10.0 Å². The predicted molar refractivity (Wildman–Crippen MR) is 76.7 cm³/mol. The van der Waals surface area contributed by atoms with E-state index in [1.165, 1.54) is 10.4 Å². The third-order valence-corrected chi connectivity index (χ3v) is 5.93. The van der Waals surface area contributed by atoms with Gasteiger partial charge in [-0.3, -0.25) is 0 Å². The van der Waals surface area contributed by atoms with Gasteiger partial charge in [-0.1, -0.05) is 0 Å². The molecule has 0 saturated heterocycles. The van der Waals surface area contributed by atoms with E-state index in [0.29, 0.717) is 12.3 Å². The van der Waals surface area contributed by atoms with Crippen LogP contribution in [0.4, 0.5) is 0 Å². The van der Waals surface area contributed by atoms with Gasteiger partial charge in [0.25, 0.3) is 10.0 Å². The van der Waals surface area contributed by atoms with Crippen molar-refractivity contribution in [3.63, 3.8) is 0 Å². The second-order valence-electron chi connectivity index (χ2n) is 5.66. The average Bonchev–Trinajstić information content (AvgIpc) is 2.82. The SMILES string of the molecule is CN(C)C1(CN(C)S(=O)(=O)c2ccc(CN)o2)CCC1. The minimum Gasteiger partial charge on any atom is -0.447 e. The third kappa shape index (κ3) is 2.63. The van der Waals surface area contributed by atoms with Gasteiger partial charge in [0.05, 0.1) is 6.54 Å². The zero-order valence-electron chi connectivity index (χ0n) is 12.3. The molecule has 6 nitrogen and oxygen atoms in total. The first-order valence-corrected chi connectivity index (χ1v) is 8.18. The molecule has 0 amide bonds. The van der Waals surface area contributed by atoms with Gasteiger partial charge in [-0.15, -0.1) is 0 Å². The van der Waals surface area contributed by atoms with Crippen LogP contribution >= 0.6 is 0 Å². The van der Waals surface area contributed by atoms with Gasteiger partial charge >= 0.3 is 0 Å². The van der Waals surface area contributed by atoms with Crippen LogP contribution in [0.3, 0.4) is 0 Å². The van der Waals surface area contributed by atoms with Gasteiger partial charge in [-0.2, -0.15) is 4.31 Å². The zero-order chi connectivity index (χ0) is 15.0. The van der Waals surface area contributed by atoms with Gasteiger partial charge in [0.15, 0.2) is 0 Å². The summed E-state index contributed by atoms with van der Waals surface area (Å²) in [6.07, 6.45) is 3.18. The highest BCUT2D eigenvalue weighted by Gasteiger charge is 2.42. The van der Waals surface area contributed by atoms with Crippen LogP contribution in [0.1, 0.15) is 25.0 Å². The fourth-order valence-electron chi connectivity index (χ4n) is 2.59. The van der Waals surface area contributed by atoms with Crippen molar-refractivity contribution in [3.8, 4) is 0 Å².